The van der Waals surface area contributed by atoms with E-state index in [0.29, 0.717) is 31.2 Å². The summed E-state index contributed by atoms with van der Waals surface area (Å²) in [6, 6.07) is 4.36. The van der Waals surface area contributed by atoms with Crippen LogP contribution >= 0.6 is 0 Å². The summed E-state index contributed by atoms with van der Waals surface area (Å²) < 4.78 is 11.8. The van der Waals surface area contributed by atoms with Crippen LogP contribution in [-0.4, -0.2) is 51.8 Å². The van der Waals surface area contributed by atoms with Crippen LogP contribution < -0.4 is 9.64 Å². The molecule has 0 radical (unpaired) electrons. The second-order valence-corrected chi connectivity index (χ2v) is 5.82. The molecule has 7 heteroatoms. The second kappa shape index (κ2) is 6.45. The minimum Gasteiger partial charge on any atom is -0.463 e. The van der Waals surface area contributed by atoms with Gasteiger partial charge in [-0.05, 0) is 25.0 Å². The van der Waals surface area contributed by atoms with Crippen LogP contribution in [0.5, 0.6) is 6.01 Å². The van der Waals surface area contributed by atoms with E-state index >= 15 is 0 Å². The van der Waals surface area contributed by atoms with Gasteiger partial charge in [0.25, 0.3) is 0 Å². The number of hydrogen-bond donors (Lipinski definition) is 0. The Morgan fingerprint density at radius 3 is 2.57 bits per heavy atom. The molecule has 2 aromatic rings. The van der Waals surface area contributed by atoms with Gasteiger partial charge in [0.05, 0.1) is 25.4 Å². The lowest BCUT2D eigenvalue weighted by Gasteiger charge is -2.39. The van der Waals surface area contributed by atoms with Gasteiger partial charge in [-0.15, -0.1) is 0 Å². The molecule has 2 fully saturated rings. The van der Waals surface area contributed by atoms with Gasteiger partial charge in [0, 0.05) is 37.3 Å². The molecule has 23 heavy (non-hydrogen) atoms. The fraction of sp³-hybridized carbons (Fsp3) is 0.500. The molecule has 0 aromatic carbocycles. The van der Waals surface area contributed by atoms with E-state index < -0.39 is 0 Å². The predicted octanol–water partition coefficient (Wildman–Crippen LogP) is 1.33. The quantitative estimate of drug-likeness (QED) is 0.843. The van der Waals surface area contributed by atoms with Crippen LogP contribution in [0.25, 0.3) is 0 Å². The van der Waals surface area contributed by atoms with Gasteiger partial charge in [0.2, 0.25) is 5.95 Å². The number of hydrogen-bond acceptors (Lipinski definition) is 7. The van der Waals surface area contributed by atoms with E-state index in [4.69, 9.17) is 9.47 Å². The molecule has 0 bridgehead atoms. The highest BCUT2D eigenvalue weighted by Crippen LogP contribution is 2.36. The monoisotopic (exact) mass is 313 g/mol. The lowest BCUT2D eigenvalue weighted by molar-refractivity contribution is -0.0137. The summed E-state index contributed by atoms with van der Waals surface area (Å²) in [6.07, 6.45) is 9.22. The third kappa shape index (κ3) is 2.96. The van der Waals surface area contributed by atoms with Crippen LogP contribution in [0.4, 0.5) is 5.95 Å². The van der Waals surface area contributed by atoms with Gasteiger partial charge in [-0.2, -0.15) is 0 Å². The lowest BCUT2D eigenvalue weighted by atomic mass is 10.0. The van der Waals surface area contributed by atoms with Crippen LogP contribution in [0.3, 0.4) is 0 Å². The Bertz CT molecular complexity index is 627. The smallest absolute Gasteiger partial charge is 0.316 e. The van der Waals surface area contributed by atoms with E-state index in [9.17, 15) is 0 Å². The topological polar surface area (TPSA) is 73.3 Å². The van der Waals surface area contributed by atoms with Crippen LogP contribution in [0.15, 0.2) is 36.9 Å². The average molecular weight is 313 g/mol. The van der Waals surface area contributed by atoms with Crippen molar-refractivity contribution in [3.63, 3.8) is 0 Å². The molecule has 2 aliphatic rings. The van der Waals surface area contributed by atoms with Crippen LogP contribution in [0, 0.1) is 5.92 Å². The van der Waals surface area contributed by atoms with E-state index in [2.05, 4.69) is 24.8 Å². The summed E-state index contributed by atoms with van der Waals surface area (Å²) >= 11 is 0. The van der Waals surface area contributed by atoms with Crippen molar-refractivity contribution in [2.45, 2.75) is 25.0 Å². The van der Waals surface area contributed by atoms with E-state index in [1.807, 2.05) is 6.07 Å². The summed E-state index contributed by atoms with van der Waals surface area (Å²) in [7, 11) is 0. The molecule has 2 aromatic heterocycles. The van der Waals surface area contributed by atoms with Gasteiger partial charge in [-0.3, -0.25) is 0 Å². The fourth-order valence-corrected chi connectivity index (χ4v) is 3.47. The molecule has 1 aliphatic carbocycles. The summed E-state index contributed by atoms with van der Waals surface area (Å²) in [5, 5.41) is 0. The largest absolute Gasteiger partial charge is 0.463 e. The van der Waals surface area contributed by atoms with Gasteiger partial charge in [-0.1, -0.05) is 0 Å². The number of morpholine rings is 1. The molecule has 0 N–H and O–H groups in total. The minimum atomic E-state index is 0.149. The Morgan fingerprint density at radius 2 is 1.78 bits per heavy atom. The number of nitrogens with zero attached hydrogens (tertiary/aromatic N) is 5. The Kier molecular flexibility index (Phi) is 4.02. The second-order valence-electron chi connectivity index (χ2n) is 5.82. The van der Waals surface area contributed by atoms with E-state index in [0.717, 1.165) is 25.3 Å². The first-order valence-corrected chi connectivity index (χ1v) is 7.97. The summed E-state index contributed by atoms with van der Waals surface area (Å²) in [5.74, 6) is 1.13. The zero-order valence-corrected chi connectivity index (χ0v) is 12.8. The first-order chi connectivity index (χ1) is 11.4. The van der Waals surface area contributed by atoms with Crippen molar-refractivity contribution in [3.8, 4) is 6.01 Å². The molecule has 0 amide bonds. The summed E-state index contributed by atoms with van der Waals surface area (Å²) in [5.41, 5.74) is 0. The zero-order chi connectivity index (χ0) is 15.5. The lowest BCUT2D eigenvalue weighted by Crippen LogP contribution is -2.51. The van der Waals surface area contributed by atoms with Gasteiger partial charge in [0.15, 0.2) is 0 Å². The third-order valence-corrected chi connectivity index (χ3v) is 4.50. The van der Waals surface area contributed by atoms with E-state index in [-0.39, 0.29) is 6.10 Å². The van der Waals surface area contributed by atoms with E-state index in [1.54, 1.807) is 30.9 Å². The number of rotatable bonds is 4. The molecule has 3 unspecified atom stereocenters. The standard InChI is InChI=1S/C16H19N5O2/c1-5-17-15(18-6-1)21-9-10-22-14-12(3-4-13(14)21)11-23-16-19-7-2-8-20-16/h1-2,5-8,12-14H,3-4,9-11H2. The van der Waals surface area contributed by atoms with Crippen molar-refractivity contribution in [2.75, 3.05) is 24.7 Å². The minimum absolute atomic E-state index is 0.149. The van der Waals surface area contributed by atoms with Gasteiger partial charge in [0.1, 0.15) is 0 Å². The molecular weight excluding hydrogens is 294 g/mol. The van der Waals surface area contributed by atoms with Crippen molar-refractivity contribution in [2.24, 2.45) is 5.92 Å². The molecule has 3 heterocycles. The average Bonchev–Trinajstić information content (AvgIpc) is 3.05. The maximum Gasteiger partial charge on any atom is 0.316 e. The first kappa shape index (κ1) is 14.3. The number of anilines is 1. The maximum absolute atomic E-state index is 6.04. The Labute approximate surface area is 134 Å². The summed E-state index contributed by atoms with van der Waals surface area (Å²) in [4.78, 5) is 19.3. The third-order valence-electron chi connectivity index (χ3n) is 4.50. The molecule has 1 saturated heterocycles. The highest BCUT2D eigenvalue weighted by molar-refractivity contribution is 5.33. The normalized spacial score (nSPS) is 26.8. The first-order valence-electron chi connectivity index (χ1n) is 7.97. The highest BCUT2D eigenvalue weighted by atomic mass is 16.5. The van der Waals surface area contributed by atoms with Crippen molar-refractivity contribution in [1.29, 1.82) is 0 Å². The van der Waals surface area contributed by atoms with Crippen molar-refractivity contribution in [3.05, 3.63) is 36.9 Å². The molecule has 4 rings (SSSR count). The van der Waals surface area contributed by atoms with E-state index in [1.165, 1.54) is 0 Å². The number of fused-ring (bicyclic) bond motifs is 1. The van der Waals surface area contributed by atoms with Crippen LogP contribution in [0.1, 0.15) is 12.8 Å². The Hall–Kier alpha value is -2.28. The molecule has 3 atom stereocenters. The molecule has 1 saturated carbocycles. The number of ether oxygens (including phenoxy) is 2. The highest BCUT2D eigenvalue weighted by Gasteiger charge is 2.43. The Balaban J connectivity index is 1.43. The SMILES string of the molecule is c1cnc(OCC2CCC3C2OCCN3c2ncccn2)nc1. The molecule has 120 valence electrons. The molecule has 0 spiro atoms. The summed E-state index contributed by atoms with van der Waals surface area (Å²) in [6.45, 7) is 2.10. The molecule has 1 aliphatic heterocycles. The fourth-order valence-electron chi connectivity index (χ4n) is 3.47. The zero-order valence-electron chi connectivity index (χ0n) is 12.8. The predicted molar refractivity (Wildman–Crippen MR) is 83.2 cm³/mol. The molecular formula is C16H19N5O2. The maximum atomic E-state index is 6.04. The van der Waals surface area contributed by atoms with Crippen molar-refractivity contribution < 1.29 is 9.47 Å². The van der Waals surface area contributed by atoms with Crippen LogP contribution in [0.2, 0.25) is 0 Å². The van der Waals surface area contributed by atoms with Crippen LogP contribution in [-0.2, 0) is 4.74 Å². The van der Waals surface area contributed by atoms with Crippen molar-refractivity contribution in [1.82, 2.24) is 19.9 Å². The molecule has 7 nitrogen and oxygen atoms in total. The Morgan fingerprint density at radius 1 is 1.04 bits per heavy atom. The van der Waals surface area contributed by atoms with Gasteiger partial charge in [-0.25, -0.2) is 19.9 Å². The van der Waals surface area contributed by atoms with Gasteiger partial charge >= 0.3 is 6.01 Å². The number of aromatic nitrogens is 4. The van der Waals surface area contributed by atoms with Crippen molar-refractivity contribution >= 4 is 5.95 Å². The van der Waals surface area contributed by atoms with Gasteiger partial charge < -0.3 is 14.4 Å².